The Morgan fingerprint density at radius 2 is 1.62 bits per heavy atom. The highest BCUT2D eigenvalue weighted by atomic mass is 31.1. The van der Waals surface area contributed by atoms with E-state index >= 15 is 0 Å². The summed E-state index contributed by atoms with van der Waals surface area (Å²) >= 11 is 0. The molecule has 2 aromatic carbocycles. The third-order valence-corrected chi connectivity index (χ3v) is 4.52. The molecule has 0 amide bonds. The van der Waals surface area contributed by atoms with Crippen LogP contribution >= 0.6 is 8.58 Å². The van der Waals surface area contributed by atoms with E-state index in [1.54, 1.807) is 12.1 Å². The largest absolute Gasteiger partial charge is 0.261 e. The highest BCUT2D eigenvalue weighted by molar-refractivity contribution is 7.46. The lowest BCUT2D eigenvalue weighted by molar-refractivity contribution is 0.628. The van der Waals surface area contributed by atoms with Crippen LogP contribution in [0.5, 0.6) is 0 Å². The first-order valence-electron chi connectivity index (χ1n) is 6.81. The zero-order chi connectivity index (χ0) is 14.5. The van der Waals surface area contributed by atoms with Gasteiger partial charge < -0.3 is 0 Å². The Balaban J connectivity index is 1.75. The Bertz CT molecular complexity index is 711. The van der Waals surface area contributed by atoms with Crippen LogP contribution in [-0.2, 0) is 6.16 Å². The van der Waals surface area contributed by atoms with E-state index in [-0.39, 0.29) is 5.82 Å². The van der Waals surface area contributed by atoms with Crippen molar-refractivity contribution in [2.45, 2.75) is 6.16 Å². The zero-order valence-electron chi connectivity index (χ0n) is 11.5. The van der Waals surface area contributed by atoms with Crippen molar-refractivity contribution in [2.24, 2.45) is 0 Å². The van der Waals surface area contributed by atoms with Crippen LogP contribution in [-0.4, -0.2) is 4.98 Å². The fourth-order valence-corrected chi connectivity index (χ4v) is 3.15. The minimum absolute atomic E-state index is 0.210. The van der Waals surface area contributed by atoms with Gasteiger partial charge in [-0.1, -0.05) is 51.0 Å². The van der Waals surface area contributed by atoms with Crippen molar-refractivity contribution in [3.8, 4) is 11.1 Å². The van der Waals surface area contributed by atoms with Gasteiger partial charge in [-0.25, -0.2) is 4.39 Å². The predicted molar refractivity (Wildman–Crippen MR) is 87.7 cm³/mol. The van der Waals surface area contributed by atoms with Gasteiger partial charge in [-0.05, 0) is 40.7 Å². The van der Waals surface area contributed by atoms with Gasteiger partial charge in [0.15, 0.2) is 0 Å². The smallest absolute Gasteiger partial charge is 0.123 e. The fourth-order valence-electron chi connectivity index (χ4n) is 2.15. The third-order valence-electron chi connectivity index (χ3n) is 3.24. The van der Waals surface area contributed by atoms with Gasteiger partial charge in [0.2, 0.25) is 0 Å². The van der Waals surface area contributed by atoms with E-state index in [0.29, 0.717) is 8.58 Å². The van der Waals surface area contributed by atoms with Gasteiger partial charge in [0, 0.05) is 18.1 Å². The molecular weight excluding hydrogens is 280 g/mol. The summed E-state index contributed by atoms with van der Waals surface area (Å²) in [7, 11) is 0.711. The van der Waals surface area contributed by atoms with E-state index in [0.717, 1.165) is 23.0 Å². The lowest BCUT2D eigenvalue weighted by Gasteiger charge is -2.05. The van der Waals surface area contributed by atoms with E-state index in [2.05, 4.69) is 35.3 Å². The van der Waals surface area contributed by atoms with Gasteiger partial charge in [0.05, 0.1) is 0 Å². The lowest BCUT2D eigenvalue weighted by Crippen LogP contribution is -1.94. The first-order valence-corrected chi connectivity index (χ1v) is 8.02. The molecule has 0 bridgehead atoms. The van der Waals surface area contributed by atoms with Gasteiger partial charge in [-0.3, -0.25) is 4.98 Å². The molecule has 0 saturated heterocycles. The van der Waals surface area contributed by atoms with Crippen molar-refractivity contribution in [3.05, 3.63) is 84.4 Å². The quantitative estimate of drug-likeness (QED) is 0.650. The van der Waals surface area contributed by atoms with Gasteiger partial charge in [-0.15, -0.1) is 0 Å². The summed E-state index contributed by atoms with van der Waals surface area (Å²) in [6, 6.07) is 21.1. The predicted octanol–water partition coefficient (Wildman–Crippen LogP) is 4.39. The van der Waals surface area contributed by atoms with E-state index in [9.17, 15) is 4.39 Å². The molecule has 0 radical (unpaired) electrons. The fraction of sp³-hybridized carbons (Fsp3) is 0.0556. The summed E-state index contributed by atoms with van der Waals surface area (Å²) in [5.74, 6) is -0.210. The van der Waals surface area contributed by atoms with Crippen molar-refractivity contribution in [1.29, 1.82) is 0 Å². The number of nitrogens with zero attached hydrogens (tertiary/aromatic N) is 1. The average Bonchev–Trinajstić information content (AvgIpc) is 2.55. The lowest BCUT2D eigenvalue weighted by atomic mass is 10.1. The van der Waals surface area contributed by atoms with Crippen LogP contribution < -0.4 is 5.30 Å². The molecule has 0 aliphatic heterocycles. The second-order valence-corrected chi connectivity index (χ2v) is 6.05. The van der Waals surface area contributed by atoms with E-state index in [4.69, 9.17) is 0 Å². The Hall–Kier alpha value is -2.05. The molecule has 0 aliphatic rings. The average molecular weight is 295 g/mol. The summed E-state index contributed by atoms with van der Waals surface area (Å²) in [5.41, 5.74) is 3.17. The second kappa shape index (κ2) is 6.60. The number of pyridine rings is 1. The Morgan fingerprint density at radius 1 is 0.857 bits per heavy atom. The van der Waals surface area contributed by atoms with Crippen LogP contribution in [0.3, 0.4) is 0 Å². The Kier molecular flexibility index (Phi) is 4.37. The molecule has 0 aliphatic carbocycles. The molecule has 1 nitrogen and oxygen atoms in total. The minimum atomic E-state index is -0.210. The summed E-state index contributed by atoms with van der Waals surface area (Å²) in [4.78, 5) is 4.43. The molecule has 0 spiro atoms. The van der Waals surface area contributed by atoms with Gasteiger partial charge in [-0.2, -0.15) is 0 Å². The number of hydrogen-bond acceptors (Lipinski definition) is 1. The van der Waals surface area contributed by atoms with Crippen LogP contribution in [0.25, 0.3) is 11.1 Å². The van der Waals surface area contributed by atoms with Crippen molar-refractivity contribution >= 4 is 13.9 Å². The molecule has 1 unspecified atom stereocenters. The van der Waals surface area contributed by atoms with E-state index < -0.39 is 0 Å². The molecule has 3 aromatic rings. The highest BCUT2D eigenvalue weighted by Gasteiger charge is 2.02. The van der Waals surface area contributed by atoms with Crippen molar-refractivity contribution in [1.82, 2.24) is 4.98 Å². The number of benzene rings is 2. The number of hydrogen-bond donors (Lipinski definition) is 0. The molecule has 104 valence electrons. The first-order chi connectivity index (χ1) is 10.3. The molecule has 21 heavy (non-hydrogen) atoms. The standard InChI is InChI=1S/C18H15FNP/c19-16-8-6-14(7-9-16)15-10-11-20-17(12-15)13-21-18-4-2-1-3-5-18/h1-12,21H,13H2. The van der Waals surface area contributed by atoms with Crippen molar-refractivity contribution in [3.63, 3.8) is 0 Å². The van der Waals surface area contributed by atoms with E-state index in [1.807, 2.05) is 18.3 Å². The molecule has 1 aromatic heterocycles. The van der Waals surface area contributed by atoms with Crippen LogP contribution in [0.2, 0.25) is 0 Å². The van der Waals surface area contributed by atoms with Crippen LogP contribution in [0.1, 0.15) is 5.69 Å². The summed E-state index contributed by atoms with van der Waals surface area (Å²) < 4.78 is 13.0. The van der Waals surface area contributed by atoms with Crippen molar-refractivity contribution in [2.75, 3.05) is 0 Å². The summed E-state index contributed by atoms with van der Waals surface area (Å²) in [6.07, 6.45) is 2.75. The van der Waals surface area contributed by atoms with Gasteiger partial charge in [0.1, 0.15) is 5.82 Å². The zero-order valence-corrected chi connectivity index (χ0v) is 12.5. The third kappa shape index (κ3) is 3.74. The van der Waals surface area contributed by atoms with Crippen LogP contribution in [0.15, 0.2) is 72.9 Å². The topological polar surface area (TPSA) is 12.9 Å². The van der Waals surface area contributed by atoms with Crippen LogP contribution in [0.4, 0.5) is 4.39 Å². The van der Waals surface area contributed by atoms with Gasteiger partial charge >= 0.3 is 0 Å². The number of aromatic nitrogens is 1. The van der Waals surface area contributed by atoms with Crippen molar-refractivity contribution < 1.29 is 4.39 Å². The maximum atomic E-state index is 13.0. The first kappa shape index (κ1) is 13.9. The molecular formula is C18H15FNP. The monoisotopic (exact) mass is 295 g/mol. The normalized spacial score (nSPS) is 11.1. The number of halogens is 1. The maximum absolute atomic E-state index is 13.0. The van der Waals surface area contributed by atoms with Crippen LogP contribution in [0, 0.1) is 5.82 Å². The molecule has 0 fully saturated rings. The summed E-state index contributed by atoms with van der Waals surface area (Å²) in [6.45, 7) is 0. The number of rotatable bonds is 4. The minimum Gasteiger partial charge on any atom is -0.261 e. The Morgan fingerprint density at radius 3 is 2.38 bits per heavy atom. The summed E-state index contributed by atoms with van der Waals surface area (Å²) in [5, 5.41) is 1.34. The SMILES string of the molecule is Fc1ccc(-c2ccnc(CPc3ccccc3)c2)cc1. The van der Waals surface area contributed by atoms with Gasteiger partial charge in [0.25, 0.3) is 0 Å². The maximum Gasteiger partial charge on any atom is 0.123 e. The highest BCUT2D eigenvalue weighted by Crippen LogP contribution is 2.23. The Labute approximate surface area is 125 Å². The molecule has 3 rings (SSSR count). The molecule has 1 heterocycles. The molecule has 3 heteroatoms. The molecule has 1 atom stereocenters. The van der Waals surface area contributed by atoms with E-state index in [1.165, 1.54) is 17.4 Å². The molecule has 0 N–H and O–H groups in total. The molecule has 0 saturated carbocycles. The second-order valence-electron chi connectivity index (χ2n) is 4.76.